The van der Waals surface area contributed by atoms with Crippen molar-refractivity contribution >= 4 is 0 Å². The molecule has 2 rings (SSSR count). The first kappa shape index (κ1) is 9.65. The lowest BCUT2D eigenvalue weighted by Gasteiger charge is -2.07. The average Bonchev–Trinajstić information content (AvgIpc) is 2.86. The summed E-state index contributed by atoms with van der Waals surface area (Å²) in [5, 5.41) is 8.27. The van der Waals surface area contributed by atoms with Gasteiger partial charge in [-0.2, -0.15) is 0 Å². The molecule has 1 aliphatic rings. The van der Waals surface area contributed by atoms with E-state index < -0.39 is 0 Å². The van der Waals surface area contributed by atoms with Crippen LogP contribution in [0.1, 0.15) is 50.4 Å². The van der Waals surface area contributed by atoms with Crippen molar-refractivity contribution in [2.45, 2.75) is 44.8 Å². The molecule has 0 aromatic carbocycles. The largest absolute Gasteiger partial charge is 0.375 e. The molecule has 1 aromatic heterocycles. The number of ether oxygens (including phenoxy) is 1. The minimum atomic E-state index is 0.0464. The van der Waals surface area contributed by atoms with Crippen molar-refractivity contribution in [3.63, 3.8) is 0 Å². The quantitative estimate of drug-likeness (QED) is 0.741. The Morgan fingerprint density at radius 1 is 1.50 bits per heavy atom. The Balaban J connectivity index is 2.08. The molecule has 78 valence electrons. The molecule has 1 heterocycles. The predicted octanol–water partition coefficient (Wildman–Crippen LogP) is 2.10. The van der Waals surface area contributed by atoms with E-state index in [9.17, 15) is 0 Å². The Morgan fingerprint density at radius 2 is 2.21 bits per heavy atom. The third kappa shape index (κ3) is 1.80. The minimum absolute atomic E-state index is 0.0464. The highest BCUT2D eigenvalue weighted by Gasteiger charge is 2.19. The van der Waals surface area contributed by atoms with E-state index in [1.54, 1.807) is 7.11 Å². The molecule has 1 atom stereocenters. The SMILES string of the molecule is COC(C)c1cn(C2CCCC2)nn1. The second kappa shape index (κ2) is 4.09. The number of methoxy groups -OCH3 is 1. The van der Waals surface area contributed by atoms with Crippen LogP contribution in [-0.2, 0) is 4.74 Å². The molecule has 4 nitrogen and oxygen atoms in total. The Labute approximate surface area is 84.3 Å². The summed E-state index contributed by atoms with van der Waals surface area (Å²) in [6.07, 6.45) is 7.18. The number of hydrogen-bond acceptors (Lipinski definition) is 3. The van der Waals surface area contributed by atoms with Gasteiger partial charge in [0.25, 0.3) is 0 Å². The summed E-state index contributed by atoms with van der Waals surface area (Å²) in [5.74, 6) is 0. The van der Waals surface area contributed by atoms with Gasteiger partial charge in [0, 0.05) is 7.11 Å². The van der Waals surface area contributed by atoms with Gasteiger partial charge in [-0.15, -0.1) is 5.10 Å². The molecule has 0 N–H and O–H groups in total. The number of aromatic nitrogens is 3. The van der Waals surface area contributed by atoms with Gasteiger partial charge in [-0.3, -0.25) is 0 Å². The molecule has 4 heteroatoms. The van der Waals surface area contributed by atoms with E-state index in [0.717, 1.165) is 5.69 Å². The van der Waals surface area contributed by atoms with Gasteiger partial charge >= 0.3 is 0 Å². The Bertz CT molecular complexity index is 291. The highest BCUT2D eigenvalue weighted by Crippen LogP contribution is 2.29. The maximum absolute atomic E-state index is 5.20. The van der Waals surface area contributed by atoms with Crippen molar-refractivity contribution in [3.05, 3.63) is 11.9 Å². The molecule has 1 saturated carbocycles. The average molecular weight is 195 g/mol. The van der Waals surface area contributed by atoms with E-state index in [1.807, 2.05) is 17.8 Å². The van der Waals surface area contributed by atoms with Crippen molar-refractivity contribution < 1.29 is 4.74 Å². The summed E-state index contributed by atoms with van der Waals surface area (Å²) in [7, 11) is 1.69. The van der Waals surface area contributed by atoms with E-state index in [1.165, 1.54) is 25.7 Å². The van der Waals surface area contributed by atoms with Crippen LogP contribution in [-0.4, -0.2) is 22.1 Å². The molecule has 0 bridgehead atoms. The molecule has 0 radical (unpaired) electrons. The molecule has 0 spiro atoms. The fourth-order valence-corrected chi connectivity index (χ4v) is 1.94. The summed E-state index contributed by atoms with van der Waals surface area (Å²) in [6, 6.07) is 0.570. The van der Waals surface area contributed by atoms with Crippen LogP contribution >= 0.6 is 0 Å². The Kier molecular flexibility index (Phi) is 2.82. The van der Waals surface area contributed by atoms with Crippen molar-refractivity contribution in [2.75, 3.05) is 7.11 Å². The van der Waals surface area contributed by atoms with Crippen molar-refractivity contribution in [3.8, 4) is 0 Å². The standard InChI is InChI=1S/C10H17N3O/c1-8(14-2)10-7-13(12-11-10)9-5-3-4-6-9/h7-9H,3-6H2,1-2H3. The topological polar surface area (TPSA) is 39.9 Å². The highest BCUT2D eigenvalue weighted by molar-refractivity contribution is 4.97. The first-order valence-electron chi connectivity index (χ1n) is 5.26. The van der Waals surface area contributed by atoms with Gasteiger partial charge in [0.2, 0.25) is 0 Å². The van der Waals surface area contributed by atoms with E-state index in [-0.39, 0.29) is 6.10 Å². The van der Waals surface area contributed by atoms with Gasteiger partial charge in [0.15, 0.2) is 0 Å². The first-order valence-corrected chi connectivity index (χ1v) is 5.26. The molecule has 1 unspecified atom stereocenters. The molecule has 0 saturated heterocycles. The number of hydrogen-bond donors (Lipinski definition) is 0. The van der Waals surface area contributed by atoms with Crippen LogP contribution in [0.15, 0.2) is 6.20 Å². The zero-order valence-electron chi connectivity index (χ0n) is 8.81. The van der Waals surface area contributed by atoms with Gasteiger partial charge in [0.1, 0.15) is 5.69 Å². The molecular weight excluding hydrogens is 178 g/mol. The van der Waals surface area contributed by atoms with Crippen molar-refractivity contribution in [1.29, 1.82) is 0 Å². The van der Waals surface area contributed by atoms with Crippen LogP contribution in [0.25, 0.3) is 0 Å². The summed E-state index contributed by atoms with van der Waals surface area (Å²) >= 11 is 0. The fraction of sp³-hybridized carbons (Fsp3) is 0.800. The van der Waals surface area contributed by atoms with Gasteiger partial charge in [-0.1, -0.05) is 18.1 Å². The van der Waals surface area contributed by atoms with Crippen LogP contribution in [0, 0.1) is 0 Å². The molecular formula is C10H17N3O. The number of nitrogens with zero attached hydrogens (tertiary/aromatic N) is 3. The zero-order valence-corrected chi connectivity index (χ0v) is 8.81. The minimum Gasteiger partial charge on any atom is -0.375 e. The predicted molar refractivity (Wildman–Crippen MR) is 53.0 cm³/mol. The molecule has 1 aromatic rings. The summed E-state index contributed by atoms with van der Waals surface area (Å²) in [5.41, 5.74) is 0.930. The number of rotatable bonds is 3. The fourth-order valence-electron chi connectivity index (χ4n) is 1.94. The first-order chi connectivity index (χ1) is 6.81. The van der Waals surface area contributed by atoms with Gasteiger partial charge in [-0.05, 0) is 19.8 Å². The summed E-state index contributed by atoms with van der Waals surface area (Å²) < 4.78 is 7.19. The molecule has 14 heavy (non-hydrogen) atoms. The van der Waals surface area contributed by atoms with Crippen LogP contribution in [0.3, 0.4) is 0 Å². The van der Waals surface area contributed by atoms with Crippen LogP contribution in [0.2, 0.25) is 0 Å². The molecule has 0 aliphatic heterocycles. The Morgan fingerprint density at radius 3 is 2.86 bits per heavy atom. The molecule has 1 fully saturated rings. The van der Waals surface area contributed by atoms with Crippen molar-refractivity contribution in [2.24, 2.45) is 0 Å². The third-order valence-electron chi connectivity index (χ3n) is 3.00. The summed E-state index contributed by atoms with van der Waals surface area (Å²) in [4.78, 5) is 0. The normalized spacial score (nSPS) is 20.1. The third-order valence-corrected chi connectivity index (χ3v) is 3.00. The lowest BCUT2D eigenvalue weighted by Crippen LogP contribution is -2.04. The van der Waals surface area contributed by atoms with E-state index in [2.05, 4.69) is 10.3 Å². The smallest absolute Gasteiger partial charge is 0.111 e. The van der Waals surface area contributed by atoms with Crippen LogP contribution < -0.4 is 0 Å². The Hall–Kier alpha value is -0.900. The van der Waals surface area contributed by atoms with Gasteiger partial charge in [0.05, 0.1) is 18.3 Å². The van der Waals surface area contributed by atoms with Gasteiger partial charge < -0.3 is 4.74 Å². The highest BCUT2D eigenvalue weighted by atomic mass is 16.5. The monoisotopic (exact) mass is 195 g/mol. The van der Waals surface area contributed by atoms with E-state index in [0.29, 0.717) is 6.04 Å². The van der Waals surface area contributed by atoms with Gasteiger partial charge in [-0.25, -0.2) is 4.68 Å². The van der Waals surface area contributed by atoms with E-state index in [4.69, 9.17) is 4.74 Å². The second-order valence-electron chi connectivity index (χ2n) is 3.94. The molecule has 1 aliphatic carbocycles. The van der Waals surface area contributed by atoms with Crippen LogP contribution in [0.4, 0.5) is 0 Å². The maximum atomic E-state index is 5.20. The summed E-state index contributed by atoms with van der Waals surface area (Å²) in [6.45, 7) is 1.99. The second-order valence-corrected chi connectivity index (χ2v) is 3.94. The van der Waals surface area contributed by atoms with Crippen molar-refractivity contribution in [1.82, 2.24) is 15.0 Å². The maximum Gasteiger partial charge on any atom is 0.111 e. The zero-order chi connectivity index (χ0) is 9.97. The lowest BCUT2D eigenvalue weighted by atomic mass is 10.2. The van der Waals surface area contributed by atoms with Crippen LogP contribution in [0.5, 0.6) is 0 Å². The molecule has 0 amide bonds. The lowest BCUT2D eigenvalue weighted by molar-refractivity contribution is 0.116. The van der Waals surface area contributed by atoms with E-state index >= 15 is 0 Å².